The Morgan fingerprint density at radius 1 is 1.42 bits per heavy atom. The minimum atomic E-state index is -0.812. The van der Waals surface area contributed by atoms with Crippen LogP contribution in [-0.2, 0) is 4.74 Å². The van der Waals surface area contributed by atoms with Gasteiger partial charge in [0.25, 0.3) is 0 Å². The van der Waals surface area contributed by atoms with Crippen molar-refractivity contribution in [3.05, 3.63) is 35.4 Å². The van der Waals surface area contributed by atoms with Gasteiger partial charge in [-0.15, -0.1) is 0 Å². The van der Waals surface area contributed by atoms with E-state index in [4.69, 9.17) is 4.74 Å². The first-order valence-corrected chi connectivity index (χ1v) is 6.54. The molecule has 3 nitrogen and oxygen atoms in total. The molecule has 1 N–H and O–H groups in total. The van der Waals surface area contributed by atoms with Crippen LogP contribution in [0.25, 0.3) is 0 Å². The van der Waals surface area contributed by atoms with Crippen LogP contribution >= 0.6 is 0 Å². The lowest BCUT2D eigenvalue weighted by atomic mass is 10.1. The number of likely N-dealkylation sites (N-methyl/N-ethyl adjacent to an activating group) is 1. The Morgan fingerprint density at radius 2 is 2.21 bits per heavy atom. The first-order chi connectivity index (χ1) is 9.06. The van der Waals surface area contributed by atoms with E-state index in [1.54, 1.807) is 6.07 Å². The Hall–Kier alpha value is -1.04. The zero-order valence-corrected chi connectivity index (χ0v) is 11.3. The smallest absolute Gasteiger partial charge is 0.159 e. The summed E-state index contributed by atoms with van der Waals surface area (Å²) in [5.41, 5.74) is 0.739. The van der Waals surface area contributed by atoms with E-state index in [0.717, 1.165) is 31.3 Å². The molecule has 1 aromatic carbocycles. The molecule has 0 bridgehead atoms. The number of nitrogens with zero attached hydrogens (tertiary/aromatic N) is 1. The van der Waals surface area contributed by atoms with Crippen LogP contribution in [0.1, 0.15) is 18.5 Å². The molecule has 2 rings (SSSR count). The molecular weight excluding hydrogens is 250 g/mol. The average Bonchev–Trinajstić information content (AvgIpc) is 2.39. The van der Waals surface area contributed by atoms with Gasteiger partial charge in [0.2, 0.25) is 0 Å². The van der Waals surface area contributed by atoms with Crippen molar-refractivity contribution in [1.29, 1.82) is 0 Å². The van der Waals surface area contributed by atoms with Crippen molar-refractivity contribution in [1.82, 2.24) is 10.2 Å². The SMILES string of the molecule is CC(NCC1CN(C)CCO1)c1ccc(F)c(F)c1. The van der Waals surface area contributed by atoms with Gasteiger partial charge in [-0.3, -0.25) is 0 Å². The highest BCUT2D eigenvalue weighted by Crippen LogP contribution is 2.16. The monoisotopic (exact) mass is 270 g/mol. The van der Waals surface area contributed by atoms with Gasteiger partial charge in [-0.05, 0) is 31.7 Å². The molecule has 1 heterocycles. The predicted octanol–water partition coefficient (Wildman–Crippen LogP) is 1.95. The van der Waals surface area contributed by atoms with Gasteiger partial charge in [0.05, 0.1) is 12.7 Å². The topological polar surface area (TPSA) is 24.5 Å². The number of morpholine rings is 1. The van der Waals surface area contributed by atoms with E-state index in [9.17, 15) is 8.78 Å². The van der Waals surface area contributed by atoms with Crippen LogP contribution in [0, 0.1) is 11.6 Å². The highest BCUT2D eigenvalue weighted by atomic mass is 19.2. The van der Waals surface area contributed by atoms with Gasteiger partial charge in [-0.25, -0.2) is 8.78 Å². The number of halogens is 2. The van der Waals surface area contributed by atoms with Gasteiger partial charge < -0.3 is 15.0 Å². The van der Waals surface area contributed by atoms with Crippen molar-refractivity contribution in [2.75, 3.05) is 33.3 Å². The Balaban J connectivity index is 1.86. The van der Waals surface area contributed by atoms with Crippen molar-refractivity contribution in [3.63, 3.8) is 0 Å². The Bertz CT molecular complexity index is 428. The fourth-order valence-corrected chi connectivity index (χ4v) is 2.20. The first-order valence-electron chi connectivity index (χ1n) is 6.54. The fourth-order valence-electron chi connectivity index (χ4n) is 2.20. The lowest BCUT2D eigenvalue weighted by Crippen LogP contribution is -2.45. The predicted molar refractivity (Wildman–Crippen MR) is 70.0 cm³/mol. The van der Waals surface area contributed by atoms with E-state index in [0.29, 0.717) is 6.54 Å². The summed E-state index contributed by atoms with van der Waals surface area (Å²) in [5, 5.41) is 3.30. The molecule has 2 atom stereocenters. The van der Waals surface area contributed by atoms with Gasteiger partial charge >= 0.3 is 0 Å². The lowest BCUT2D eigenvalue weighted by Gasteiger charge is -2.31. The maximum absolute atomic E-state index is 13.2. The van der Waals surface area contributed by atoms with Crippen LogP contribution < -0.4 is 5.32 Å². The highest BCUT2D eigenvalue weighted by Gasteiger charge is 2.18. The molecule has 0 aromatic heterocycles. The highest BCUT2D eigenvalue weighted by molar-refractivity contribution is 5.20. The zero-order chi connectivity index (χ0) is 13.8. The summed E-state index contributed by atoms with van der Waals surface area (Å²) in [5.74, 6) is -1.62. The maximum Gasteiger partial charge on any atom is 0.159 e. The molecule has 0 spiro atoms. The van der Waals surface area contributed by atoms with Gasteiger partial charge in [0.1, 0.15) is 0 Å². The fraction of sp³-hybridized carbons (Fsp3) is 0.571. The maximum atomic E-state index is 13.2. The van der Waals surface area contributed by atoms with Gasteiger partial charge in [-0.2, -0.15) is 0 Å². The van der Waals surface area contributed by atoms with Crippen LogP contribution in [0.15, 0.2) is 18.2 Å². The molecule has 5 heteroatoms. The van der Waals surface area contributed by atoms with Gasteiger partial charge in [0, 0.05) is 25.7 Å². The zero-order valence-electron chi connectivity index (χ0n) is 11.3. The van der Waals surface area contributed by atoms with Crippen LogP contribution in [0.2, 0.25) is 0 Å². The molecule has 0 amide bonds. The van der Waals surface area contributed by atoms with Crippen LogP contribution in [-0.4, -0.2) is 44.3 Å². The van der Waals surface area contributed by atoms with Gasteiger partial charge in [-0.1, -0.05) is 6.07 Å². The van der Waals surface area contributed by atoms with Crippen LogP contribution in [0.5, 0.6) is 0 Å². The summed E-state index contributed by atoms with van der Waals surface area (Å²) in [6.45, 7) is 5.21. The third-order valence-electron chi connectivity index (χ3n) is 3.44. The van der Waals surface area contributed by atoms with Crippen molar-refractivity contribution in [3.8, 4) is 0 Å². The molecule has 1 aromatic rings. The first kappa shape index (κ1) is 14.4. The molecule has 0 radical (unpaired) electrons. The number of hydrogen-bond acceptors (Lipinski definition) is 3. The third-order valence-corrected chi connectivity index (χ3v) is 3.44. The number of ether oxygens (including phenoxy) is 1. The Labute approximate surface area is 112 Å². The molecule has 1 aliphatic heterocycles. The van der Waals surface area contributed by atoms with Crippen LogP contribution in [0.4, 0.5) is 8.78 Å². The molecule has 0 saturated carbocycles. The number of hydrogen-bond donors (Lipinski definition) is 1. The molecule has 19 heavy (non-hydrogen) atoms. The van der Waals surface area contributed by atoms with E-state index in [1.165, 1.54) is 6.07 Å². The molecule has 106 valence electrons. The summed E-state index contributed by atoms with van der Waals surface area (Å²) < 4.78 is 31.7. The Morgan fingerprint density at radius 3 is 2.89 bits per heavy atom. The quantitative estimate of drug-likeness (QED) is 0.905. The van der Waals surface area contributed by atoms with Gasteiger partial charge in [0.15, 0.2) is 11.6 Å². The van der Waals surface area contributed by atoms with E-state index >= 15 is 0 Å². The molecule has 2 unspecified atom stereocenters. The second kappa shape index (κ2) is 6.41. The molecule has 0 aliphatic carbocycles. The molecular formula is C14H20F2N2O. The second-order valence-electron chi connectivity index (χ2n) is 5.06. The van der Waals surface area contributed by atoms with Crippen molar-refractivity contribution >= 4 is 0 Å². The lowest BCUT2D eigenvalue weighted by molar-refractivity contribution is -0.0190. The Kier molecular flexibility index (Phi) is 4.85. The number of nitrogens with one attached hydrogen (secondary N) is 1. The normalized spacial score (nSPS) is 22.4. The van der Waals surface area contributed by atoms with E-state index in [2.05, 4.69) is 17.3 Å². The summed E-state index contributed by atoms with van der Waals surface area (Å²) >= 11 is 0. The average molecular weight is 270 g/mol. The number of benzene rings is 1. The standard InChI is InChI=1S/C14H20F2N2O/c1-10(11-3-4-13(15)14(16)7-11)17-8-12-9-18(2)5-6-19-12/h3-4,7,10,12,17H,5-6,8-9H2,1-2H3. The van der Waals surface area contributed by atoms with Crippen LogP contribution in [0.3, 0.4) is 0 Å². The second-order valence-corrected chi connectivity index (χ2v) is 5.06. The molecule has 1 aliphatic rings. The summed E-state index contributed by atoms with van der Waals surface area (Å²) in [6, 6.07) is 3.96. The molecule has 1 fully saturated rings. The molecule has 1 saturated heterocycles. The van der Waals surface area contributed by atoms with E-state index in [-0.39, 0.29) is 12.1 Å². The summed E-state index contributed by atoms with van der Waals surface area (Å²) in [6.07, 6.45) is 0.145. The third kappa shape index (κ3) is 3.96. The minimum Gasteiger partial charge on any atom is -0.374 e. The van der Waals surface area contributed by atoms with Crippen molar-refractivity contribution < 1.29 is 13.5 Å². The largest absolute Gasteiger partial charge is 0.374 e. The van der Waals surface area contributed by atoms with Crippen molar-refractivity contribution in [2.45, 2.75) is 19.1 Å². The van der Waals surface area contributed by atoms with E-state index < -0.39 is 11.6 Å². The van der Waals surface area contributed by atoms with Crippen molar-refractivity contribution in [2.24, 2.45) is 0 Å². The van der Waals surface area contributed by atoms with E-state index in [1.807, 2.05) is 6.92 Å². The summed E-state index contributed by atoms with van der Waals surface area (Å²) in [4.78, 5) is 2.22. The number of rotatable bonds is 4. The minimum absolute atomic E-state index is 0.0362. The summed E-state index contributed by atoms with van der Waals surface area (Å²) in [7, 11) is 2.06.